The van der Waals surface area contributed by atoms with Crippen LogP contribution in [0.15, 0.2) is 34.9 Å². The fourth-order valence-electron chi connectivity index (χ4n) is 2.80. The van der Waals surface area contributed by atoms with Crippen LogP contribution in [0.2, 0.25) is 0 Å². The molecule has 1 atom stereocenters. The van der Waals surface area contributed by atoms with Gasteiger partial charge in [-0.15, -0.1) is 0 Å². The average Bonchev–Trinajstić information content (AvgIpc) is 2.42. The summed E-state index contributed by atoms with van der Waals surface area (Å²) in [5.41, 5.74) is 8.43. The third-order valence-electron chi connectivity index (χ3n) is 3.74. The van der Waals surface area contributed by atoms with Crippen LogP contribution in [0, 0.1) is 0 Å². The Morgan fingerprint density at radius 3 is 3.11 bits per heavy atom. The van der Waals surface area contributed by atoms with Crippen molar-refractivity contribution in [2.24, 2.45) is 5.73 Å². The van der Waals surface area contributed by atoms with E-state index in [1.807, 2.05) is 12.3 Å². The molecule has 0 saturated carbocycles. The molecule has 0 amide bonds. The zero-order valence-corrected chi connectivity index (χ0v) is 12.4. The van der Waals surface area contributed by atoms with Gasteiger partial charge in [-0.1, -0.05) is 28.1 Å². The predicted molar refractivity (Wildman–Crippen MR) is 81.9 cm³/mol. The largest absolute Gasteiger partial charge is 0.327 e. The summed E-state index contributed by atoms with van der Waals surface area (Å²) in [6.07, 6.45) is 4.21. The first-order valence-corrected chi connectivity index (χ1v) is 7.53. The molecule has 1 fully saturated rings. The zero-order chi connectivity index (χ0) is 13.2. The summed E-state index contributed by atoms with van der Waals surface area (Å²) < 4.78 is 1.11. The number of hydrogen-bond donors (Lipinski definition) is 1. The molecule has 1 aromatic carbocycles. The average molecular weight is 320 g/mol. The Bertz CT molecular complexity index is 585. The van der Waals surface area contributed by atoms with E-state index in [1.165, 1.54) is 17.4 Å². The first kappa shape index (κ1) is 13.0. The van der Waals surface area contributed by atoms with Crippen LogP contribution in [-0.2, 0) is 6.54 Å². The SMILES string of the molecule is NC1CCCN(Cc2ccc(Br)c3cccnc23)C1. The number of aromatic nitrogens is 1. The summed E-state index contributed by atoms with van der Waals surface area (Å²) in [4.78, 5) is 6.97. The van der Waals surface area contributed by atoms with Crippen molar-refractivity contribution in [3.63, 3.8) is 0 Å². The number of nitrogens with two attached hydrogens (primary N) is 1. The minimum atomic E-state index is 0.323. The second-order valence-corrected chi connectivity index (χ2v) is 6.10. The van der Waals surface area contributed by atoms with Gasteiger partial charge >= 0.3 is 0 Å². The number of pyridine rings is 1. The molecular formula is C15H18BrN3. The third-order valence-corrected chi connectivity index (χ3v) is 4.43. The molecule has 0 spiro atoms. The predicted octanol–water partition coefficient (Wildman–Crippen LogP) is 2.92. The maximum Gasteiger partial charge on any atom is 0.0758 e. The summed E-state index contributed by atoms with van der Waals surface area (Å²) in [6.45, 7) is 3.07. The van der Waals surface area contributed by atoms with E-state index >= 15 is 0 Å². The van der Waals surface area contributed by atoms with E-state index in [-0.39, 0.29) is 0 Å². The number of benzene rings is 1. The van der Waals surface area contributed by atoms with Gasteiger partial charge in [0, 0.05) is 35.2 Å². The summed E-state index contributed by atoms with van der Waals surface area (Å²) in [5.74, 6) is 0. The van der Waals surface area contributed by atoms with Crippen LogP contribution in [0.5, 0.6) is 0 Å². The Balaban J connectivity index is 1.90. The number of piperidine rings is 1. The van der Waals surface area contributed by atoms with E-state index < -0.39 is 0 Å². The lowest BCUT2D eigenvalue weighted by Gasteiger charge is -2.30. The molecule has 2 aromatic rings. The van der Waals surface area contributed by atoms with Gasteiger partial charge in [0.1, 0.15) is 0 Å². The highest BCUT2D eigenvalue weighted by atomic mass is 79.9. The van der Waals surface area contributed by atoms with Crippen molar-refractivity contribution in [3.05, 3.63) is 40.5 Å². The fraction of sp³-hybridized carbons (Fsp3) is 0.400. The number of halogens is 1. The van der Waals surface area contributed by atoms with Gasteiger partial charge in [0.2, 0.25) is 0 Å². The molecule has 4 heteroatoms. The Morgan fingerprint density at radius 1 is 1.37 bits per heavy atom. The molecule has 0 bridgehead atoms. The van der Waals surface area contributed by atoms with Gasteiger partial charge in [-0.05, 0) is 37.1 Å². The first-order valence-electron chi connectivity index (χ1n) is 6.74. The minimum Gasteiger partial charge on any atom is -0.327 e. The summed E-state index contributed by atoms with van der Waals surface area (Å²) in [5, 5.41) is 1.18. The first-order chi connectivity index (χ1) is 9.24. The molecule has 1 aliphatic rings. The van der Waals surface area contributed by atoms with Gasteiger partial charge in [0.05, 0.1) is 5.52 Å². The monoisotopic (exact) mass is 319 g/mol. The van der Waals surface area contributed by atoms with Gasteiger partial charge in [0.15, 0.2) is 0 Å². The van der Waals surface area contributed by atoms with E-state index in [0.717, 1.165) is 36.0 Å². The smallest absolute Gasteiger partial charge is 0.0758 e. The maximum atomic E-state index is 6.05. The van der Waals surface area contributed by atoms with E-state index in [9.17, 15) is 0 Å². The van der Waals surface area contributed by atoms with Crippen LogP contribution >= 0.6 is 15.9 Å². The Hall–Kier alpha value is -0.970. The molecule has 19 heavy (non-hydrogen) atoms. The molecule has 1 aromatic heterocycles. The van der Waals surface area contributed by atoms with Crippen molar-refractivity contribution in [1.82, 2.24) is 9.88 Å². The molecule has 100 valence electrons. The molecule has 1 saturated heterocycles. The highest BCUT2D eigenvalue weighted by Crippen LogP contribution is 2.26. The Kier molecular flexibility index (Phi) is 3.82. The van der Waals surface area contributed by atoms with Crippen LogP contribution in [0.25, 0.3) is 10.9 Å². The van der Waals surface area contributed by atoms with Crippen molar-refractivity contribution in [1.29, 1.82) is 0 Å². The normalized spacial score (nSPS) is 20.8. The number of hydrogen-bond acceptors (Lipinski definition) is 3. The van der Waals surface area contributed by atoms with Crippen LogP contribution in [0.4, 0.5) is 0 Å². The van der Waals surface area contributed by atoms with Crippen molar-refractivity contribution in [2.45, 2.75) is 25.4 Å². The second-order valence-electron chi connectivity index (χ2n) is 5.24. The van der Waals surface area contributed by atoms with E-state index in [4.69, 9.17) is 5.73 Å². The lowest BCUT2D eigenvalue weighted by Crippen LogP contribution is -2.42. The van der Waals surface area contributed by atoms with Gasteiger partial charge < -0.3 is 5.73 Å². The molecule has 0 radical (unpaired) electrons. The van der Waals surface area contributed by atoms with Crippen molar-refractivity contribution in [3.8, 4) is 0 Å². The highest BCUT2D eigenvalue weighted by Gasteiger charge is 2.17. The number of rotatable bonds is 2. The van der Waals surface area contributed by atoms with Gasteiger partial charge in [-0.2, -0.15) is 0 Å². The lowest BCUT2D eigenvalue weighted by atomic mass is 10.0. The molecule has 1 aliphatic heterocycles. The van der Waals surface area contributed by atoms with E-state index in [0.29, 0.717) is 6.04 Å². The maximum absolute atomic E-state index is 6.05. The van der Waals surface area contributed by atoms with Gasteiger partial charge in [-0.25, -0.2) is 0 Å². The van der Waals surface area contributed by atoms with Gasteiger partial charge in [0.25, 0.3) is 0 Å². The number of fused-ring (bicyclic) bond motifs is 1. The third kappa shape index (κ3) is 2.81. The molecule has 0 aliphatic carbocycles. The van der Waals surface area contributed by atoms with Crippen LogP contribution in [0.3, 0.4) is 0 Å². The summed E-state index contributed by atoms with van der Waals surface area (Å²) in [7, 11) is 0. The Morgan fingerprint density at radius 2 is 2.26 bits per heavy atom. The van der Waals surface area contributed by atoms with Crippen LogP contribution < -0.4 is 5.73 Å². The molecular weight excluding hydrogens is 302 g/mol. The fourth-order valence-corrected chi connectivity index (χ4v) is 3.25. The standard InChI is InChI=1S/C15H18BrN3/c16-14-6-5-11(15-13(14)4-1-7-18-15)9-19-8-2-3-12(17)10-19/h1,4-7,12H,2-3,8-10,17H2. The second kappa shape index (κ2) is 5.57. The molecule has 3 nitrogen and oxygen atoms in total. The quantitative estimate of drug-likeness (QED) is 0.925. The van der Waals surface area contributed by atoms with E-state index in [1.54, 1.807) is 0 Å². The van der Waals surface area contributed by atoms with E-state index in [2.05, 4.69) is 44.0 Å². The van der Waals surface area contributed by atoms with Crippen molar-refractivity contribution < 1.29 is 0 Å². The van der Waals surface area contributed by atoms with Crippen molar-refractivity contribution >= 4 is 26.8 Å². The molecule has 2 N–H and O–H groups in total. The summed E-state index contributed by atoms with van der Waals surface area (Å²) in [6, 6.07) is 8.69. The summed E-state index contributed by atoms with van der Waals surface area (Å²) >= 11 is 3.59. The van der Waals surface area contributed by atoms with Crippen molar-refractivity contribution in [2.75, 3.05) is 13.1 Å². The molecule has 1 unspecified atom stereocenters. The molecule has 2 heterocycles. The topological polar surface area (TPSA) is 42.1 Å². The number of likely N-dealkylation sites (tertiary alicyclic amines) is 1. The number of nitrogens with zero attached hydrogens (tertiary/aromatic N) is 2. The Labute approximate surface area is 121 Å². The highest BCUT2D eigenvalue weighted by molar-refractivity contribution is 9.10. The molecule has 3 rings (SSSR count). The van der Waals surface area contributed by atoms with Gasteiger partial charge in [-0.3, -0.25) is 9.88 Å². The zero-order valence-electron chi connectivity index (χ0n) is 10.8. The van der Waals surface area contributed by atoms with Crippen LogP contribution in [-0.4, -0.2) is 29.0 Å². The van der Waals surface area contributed by atoms with Crippen LogP contribution in [0.1, 0.15) is 18.4 Å². The minimum absolute atomic E-state index is 0.323. The lowest BCUT2D eigenvalue weighted by molar-refractivity contribution is 0.202.